The van der Waals surface area contributed by atoms with Crippen molar-refractivity contribution < 1.29 is 27.5 Å². The molecule has 1 aromatic rings. The molecule has 1 N–H and O–H groups in total. The van der Waals surface area contributed by atoms with Crippen molar-refractivity contribution in [2.75, 3.05) is 19.6 Å². The third-order valence-electron chi connectivity index (χ3n) is 6.33. The lowest BCUT2D eigenvalue weighted by Gasteiger charge is -2.39. The van der Waals surface area contributed by atoms with Gasteiger partial charge in [-0.3, -0.25) is 9.69 Å². The molecule has 1 saturated carbocycles. The normalized spacial score (nSPS) is 22.5. The number of piperidine rings is 1. The van der Waals surface area contributed by atoms with Crippen molar-refractivity contribution in [2.45, 2.75) is 76.5 Å². The van der Waals surface area contributed by atoms with Crippen LogP contribution in [0.1, 0.15) is 56.0 Å². The van der Waals surface area contributed by atoms with Crippen LogP contribution in [0.15, 0.2) is 0 Å². The lowest BCUT2D eigenvalue weighted by atomic mass is 9.89. The molecule has 31 heavy (non-hydrogen) atoms. The monoisotopic (exact) mass is 444 g/mol. The summed E-state index contributed by atoms with van der Waals surface area (Å²) in [7, 11) is 0. The maximum Gasteiger partial charge on any atom is 0.425 e. The van der Waals surface area contributed by atoms with Crippen LogP contribution in [0.4, 0.5) is 18.0 Å². The molecule has 172 valence electrons. The molecule has 3 heterocycles. The number of hydrogen-bond donors (Lipinski definition) is 1. The topological polar surface area (TPSA) is 92.6 Å². The van der Waals surface area contributed by atoms with Crippen molar-refractivity contribution in [1.29, 1.82) is 0 Å². The number of carbonyl (C=O) groups excluding carboxylic acids is 2. The van der Waals surface area contributed by atoms with Crippen LogP contribution in [-0.4, -0.2) is 80.1 Å². The highest BCUT2D eigenvalue weighted by Crippen LogP contribution is 2.30. The van der Waals surface area contributed by atoms with Crippen molar-refractivity contribution in [3.63, 3.8) is 0 Å². The average molecular weight is 444 g/mol. The number of likely N-dealkylation sites (tertiary alicyclic amines) is 1. The average Bonchev–Trinajstić information content (AvgIpc) is 3.46. The van der Waals surface area contributed by atoms with Crippen LogP contribution in [0.3, 0.4) is 0 Å². The van der Waals surface area contributed by atoms with E-state index in [0.717, 1.165) is 19.3 Å². The molecule has 2 aliphatic heterocycles. The fourth-order valence-corrected chi connectivity index (χ4v) is 4.03. The lowest BCUT2D eigenvalue weighted by molar-refractivity contribution is -0.200. The smallest absolute Gasteiger partial charge is 0.425 e. The highest BCUT2D eigenvalue weighted by atomic mass is 19.4. The Labute approximate surface area is 177 Å². The number of rotatable bonds is 4. The minimum atomic E-state index is -4.60. The Morgan fingerprint density at radius 1 is 1.16 bits per heavy atom. The Kier molecular flexibility index (Phi) is 5.61. The molecule has 2 amide bonds. The third-order valence-corrected chi connectivity index (χ3v) is 6.33. The van der Waals surface area contributed by atoms with Crippen molar-refractivity contribution in [2.24, 2.45) is 0 Å². The second kappa shape index (κ2) is 7.95. The Balaban J connectivity index is 1.31. The van der Waals surface area contributed by atoms with Gasteiger partial charge in [0.1, 0.15) is 5.82 Å². The summed E-state index contributed by atoms with van der Waals surface area (Å²) in [6.07, 6.45) is -4.55. The number of nitrogens with zero attached hydrogens (tertiary/aromatic N) is 5. The Morgan fingerprint density at radius 3 is 2.45 bits per heavy atom. The van der Waals surface area contributed by atoms with E-state index in [2.05, 4.69) is 25.2 Å². The van der Waals surface area contributed by atoms with E-state index in [9.17, 15) is 22.8 Å². The van der Waals surface area contributed by atoms with Gasteiger partial charge >= 0.3 is 12.3 Å². The van der Waals surface area contributed by atoms with Crippen LogP contribution in [0, 0.1) is 0 Å². The van der Waals surface area contributed by atoms with Gasteiger partial charge in [-0.05, 0) is 39.5 Å². The predicted octanol–water partition coefficient (Wildman–Crippen LogP) is 1.93. The van der Waals surface area contributed by atoms with Crippen LogP contribution in [0.5, 0.6) is 0 Å². The van der Waals surface area contributed by atoms with Gasteiger partial charge in [-0.25, -0.2) is 4.79 Å². The van der Waals surface area contributed by atoms with Crippen LogP contribution in [0.2, 0.25) is 0 Å². The van der Waals surface area contributed by atoms with Gasteiger partial charge in [-0.15, -0.1) is 10.2 Å². The molecule has 1 atom stereocenters. The van der Waals surface area contributed by atoms with Crippen LogP contribution in [0.25, 0.3) is 0 Å². The SMILES string of the molecule is CC(OC(=O)N1CCC(C)(NC(=O)c2nnc3n2CCN(C2CC2)C3)CC1)C(F)(F)F. The molecule has 0 spiro atoms. The Hall–Kier alpha value is -2.37. The van der Waals surface area contributed by atoms with Gasteiger partial charge in [0.05, 0.1) is 6.54 Å². The van der Waals surface area contributed by atoms with E-state index in [1.807, 2.05) is 11.5 Å². The van der Waals surface area contributed by atoms with E-state index >= 15 is 0 Å². The van der Waals surface area contributed by atoms with Gasteiger partial charge in [0.2, 0.25) is 5.82 Å². The van der Waals surface area contributed by atoms with E-state index in [1.54, 1.807) is 0 Å². The van der Waals surface area contributed by atoms with E-state index in [4.69, 9.17) is 0 Å². The number of nitrogens with one attached hydrogen (secondary N) is 1. The van der Waals surface area contributed by atoms with Crippen LogP contribution >= 0.6 is 0 Å². The van der Waals surface area contributed by atoms with Crippen LogP contribution < -0.4 is 5.32 Å². The zero-order valence-corrected chi connectivity index (χ0v) is 17.6. The second-order valence-corrected chi connectivity index (χ2v) is 8.86. The van der Waals surface area contributed by atoms with E-state index in [0.29, 0.717) is 32.0 Å². The number of fused-ring (bicyclic) bond motifs is 1. The van der Waals surface area contributed by atoms with Crippen molar-refractivity contribution in [3.05, 3.63) is 11.6 Å². The van der Waals surface area contributed by atoms with E-state index in [-0.39, 0.29) is 24.8 Å². The van der Waals surface area contributed by atoms with Crippen molar-refractivity contribution in [1.82, 2.24) is 29.9 Å². The minimum Gasteiger partial charge on any atom is -0.437 e. The third kappa shape index (κ3) is 4.78. The molecule has 0 aromatic carbocycles. The molecule has 12 heteroatoms. The standard InChI is InChI=1S/C19H27F3N6O3/c1-12(19(20,21)22)31-17(30)26-7-5-18(2,6-8-26)23-16(29)15-25-24-14-11-27(13-3-4-13)9-10-28(14)15/h12-13H,3-11H2,1-2H3,(H,23,29). The maximum atomic E-state index is 12.9. The van der Waals surface area contributed by atoms with Crippen molar-refractivity contribution >= 4 is 12.0 Å². The quantitative estimate of drug-likeness (QED) is 0.763. The van der Waals surface area contributed by atoms with Gasteiger partial charge in [-0.1, -0.05) is 0 Å². The molecule has 1 saturated heterocycles. The Bertz CT molecular complexity index is 845. The molecule has 1 unspecified atom stereocenters. The number of ether oxygens (including phenoxy) is 1. The van der Waals surface area contributed by atoms with Gasteiger partial charge in [-0.2, -0.15) is 13.2 Å². The fourth-order valence-electron chi connectivity index (χ4n) is 4.03. The summed E-state index contributed by atoms with van der Waals surface area (Å²) in [5.41, 5.74) is -0.607. The molecule has 0 radical (unpaired) electrons. The fraction of sp³-hybridized carbons (Fsp3) is 0.789. The van der Waals surface area contributed by atoms with Crippen molar-refractivity contribution in [3.8, 4) is 0 Å². The van der Waals surface area contributed by atoms with Gasteiger partial charge in [0.15, 0.2) is 6.10 Å². The first-order valence-corrected chi connectivity index (χ1v) is 10.6. The molecule has 2 fully saturated rings. The summed E-state index contributed by atoms with van der Waals surface area (Å²) in [6, 6.07) is 0.623. The molecule has 3 aliphatic rings. The molecule has 1 aliphatic carbocycles. The molecular weight excluding hydrogens is 417 g/mol. The number of alkyl halides is 3. The van der Waals surface area contributed by atoms with E-state index in [1.165, 1.54) is 17.7 Å². The van der Waals surface area contributed by atoms with Crippen LogP contribution in [-0.2, 0) is 17.8 Å². The largest absolute Gasteiger partial charge is 0.437 e. The number of hydrogen-bond acceptors (Lipinski definition) is 6. The summed E-state index contributed by atoms with van der Waals surface area (Å²) in [5.74, 6) is 0.722. The summed E-state index contributed by atoms with van der Waals surface area (Å²) < 4.78 is 44.2. The molecule has 9 nitrogen and oxygen atoms in total. The van der Waals surface area contributed by atoms with E-state index < -0.39 is 23.9 Å². The van der Waals surface area contributed by atoms with Gasteiger partial charge in [0, 0.05) is 37.8 Å². The summed E-state index contributed by atoms with van der Waals surface area (Å²) in [4.78, 5) is 28.5. The number of aromatic nitrogens is 3. The number of amides is 2. The zero-order valence-electron chi connectivity index (χ0n) is 17.6. The minimum absolute atomic E-state index is 0.189. The molecule has 1 aromatic heterocycles. The number of halogens is 3. The summed E-state index contributed by atoms with van der Waals surface area (Å²) >= 11 is 0. The second-order valence-electron chi connectivity index (χ2n) is 8.86. The lowest BCUT2D eigenvalue weighted by Crippen LogP contribution is -2.55. The molecule has 0 bridgehead atoms. The maximum absolute atomic E-state index is 12.9. The van der Waals surface area contributed by atoms with Gasteiger partial charge < -0.3 is 19.5 Å². The summed E-state index contributed by atoms with van der Waals surface area (Å²) in [5, 5.41) is 11.3. The first-order valence-electron chi connectivity index (χ1n) is 10.6. The molecular formula is C19H27F3N6O3. The highest BCUT2D eigenvalue weighted by molar-refractivity contribution is 5.91. The zero-order chi connectivity index (χ0) is 22.4. The number of carbonyl (C=O) groups is 2. The Morgan fingerprint density at radius 2 is 1.84 bits per heavy atom. The highest BCUT2D eigenvalue weighted by Gasteiger charge is 2.41. The first-order chi connectivity index (χ1) is 14.6. The van der Waals surface area contributed by atoms with Gasteiger partial charge in [0.25, 0.3) is 5.91 Å². The summed E-state index contributed by atoms with van der Waals surface area (Å²) in [6.45, 7) is 5.25. The molecule has 4 rings (SSSR count). The predicted molar refractivity (Wildman–Crippen MR) is 102 cm³/mol. The first kappa shape index (κ1) is 21.8.